The van der Waals surface area contributed by atoms with E-state index in [2.05, 4.69) is 12.1 Å². The van der Waals surface area contributed by atoms with Crippen molar-refractivity contribution < 1.29 is 9.67 Å². The van der Waals surface area contributed by atoms with Crippen LogP contribution in [0, 0.1) is 0 Å². The van der Waals surface area contributed by atoms with Crippen molar-refractivity contribution in [1.82, 2.24) is 0 Å². The molecule has 1 rings (SSSR count). The Bertz CT molecular complexity index is 218. The number of aliphatic hydroxyl groups is 1. The SMILES string of the molecule is C[n+]1ccc(CCCCO)cc1. The van der Waals surface area contributed by atoms with E-state index in [1.165, 1.54) is 5.56 Å². The van der Waals surface area contributed by atoms with Crippen LogP contribution in [0.3, 0.4) is 0 Å². The zero-order valence-corrected chi connectivity index (χ0v) is 7.53. The van der Waals surface area contributed by atoms with E-state index in [9.17, 15) is 0 Å². The van der Waals surface area contributed by atoms with Gasteiger partial charge in [-0.1, -0.05) is 0 Å². The summed E-state index contributed by atoms with van der Waals surface area (Å²) >= 11 is 0. The smallest absolute Gasteiger partial charge is 0.168 e. The lowest BCUT2D eigenvalue weighted by atomic mass is 10.1. The Kier molecular flexibility index (Phi) is 3.74. The van der Waals surface area contributed by atoms with Gasteiger partial charge >= 0.3 is 0 Å². The number of aryl methyl sites for hydroxylation is 2. The minimum Gasteiger partial charge on any atom is -0.396 e. The van der Waals surface area contributed by atoms with Crippen LogP contribution >= 0.6 is 0 Å². The molecule has 0 fully saturated rings. The van der Waals surface area contributed by atoms with E-state index < -0.39 is 0 Å². The maximum absolute atomic E-state index is 8.58. The molecule has 2 nitrogen and oxygen atoms in total. The molecule has 0 aliphatic rings. The highest BCUT2D eigenvalue weighted by Gasteiger charge is 1.95. The number of unbranched alkanes of at least 4 members (excludes halogenated alkanes) is 1. The lowest BCUT2D eigenvalue weighted by Crippen LogP contribution is -2.25. The summed E-state index contributed by atoms with van der Waals surface area (Å²) in [5.74, 6) is 0. The fraction of sp³-hybridized carbons (Fsp3) is 0.500. The molecule has 0 unspecified atom stereocenters. The number of hydrogen-bond donors (Lipinski definition) is 1. The number of hydrogen-bond acceptors (Lipinski definition) is 1. The molecule has 12 heavy (non-hydrogen) atoms. The minimum atomic E-state index is 0.306. The molecule has 66 valence electrons. The third kappa shape index (κ3) is 3.01. The standard InChI is InChI=1S/C10H16NO/c1-11-7-5-10(6-8-11)4-2-3-9-12/h5-8,12H,2-4,9H2,1H3/q+1. The van der Waals surface area contributed by atoms with Crippen molar-refractivity contribution in [1.29, 1.82) is 0 Å². The molecule has 0 aromatic carbocycles. The van der Waals surface area contributed by atoms with E-state index >= 15 is 0 Å². The fourth-order valence-corrected chi connectivity index (χ4v) is 1.14. The average molecular weight is 166 g/mol. The van der Waals surface area contributed by atoms with E-state index in [0.717, 1.165) is 19.3 Å². The van der Waals surface area contributed by atoms with Gasteiger partial charge in [0.05, 0.1) is 0 Å². The van der Waals surface area contributed by atoms with E-state index in [1.54, 1.807) is 0 Å². The number of pyridine rings is 1. The summed E-state index contributed by atoms with van der Waals surface area (Å²) in [6, 6.07) is 4.24. The molecule has 0 bridgehead atoms. The Morgan fingerprint density at radius 1 is 1.25 bits per heavy atom. The predicted octanol–water partition coefficient (Wildman–Crippen LogP) is 0.826. The summed E-state index contributed by atoms with van der Waals surface area (Å²) in [5.41, 5.74) is 1.35. The first kappa shape index (κ1) is 9.20. The maximum Gasteiger partial charge on any atom is 0.168 e. The van der Waals surface area contributed by atoms with Crippen LogP contribution in [0.15, 0.2) is 24.5 Å². The van der Waals surface area contributed by atoms with Crippen LogP contribution in [0.25, 0.3) is 0 Å². The quantitative estimate of drug-likeness (QED) is 0.520. The monoisotopic (exact) mass is 166 g/mol. The van der Waals surface area contributed by atoms with Crippen LogP contribution < -0.4 is 4.57 Å². The molecule has 0 radical (unpaired) electrons. The molecule has 0 aliphatic heterocycles. The van der Waals surface area contributed by atoms with E-state index in [1.807, 2.05) is 24.0 Å². The normalized spacial score (nSPS) is 10.2. The number of rotatable bonds is 4. The second-order valence-corrected chi connectivity index (χ2v) is 3.05. The van der Waals surface area contributed by atoms with Crippen molar-refractivity contribution in [3.8, 4) is 0 Å². The summed E-state index contributed by atoms with van der Waals surface area (Å²) in [4.78, 5) is 0. The first-order chi connectivity index (χ1) is 5.83. The summed E-state index contributed by atoms with van der Waals surface area (Å²) in [6.07, 6.45) is 7.15. The van der Waals surface area contributed by atoms with Crippen molar-refractivity contribution in [3.05, 3.63) is 30.1 Å². The Hall–Kier alpha value is -0.890. The van der Waals surface area contributed by atoms with Crippen LogP contribution in [0.4, 0.5) is 0 Å². The molecule has 0 atom stereocenters. The summed E-state index contributed by atoms with van der Waals surface area (Å²) in [7, 11) is 2.01. The van der Waals surface area contributed by atoms with Crippen molar-refractivity contribution in [2.24, 2.45) is 7.05 Å². The molecule has 2 heteroatoms. The first-order valence-corrected chi connectivity index (χ1v) is 4.38. The number of aromatic nitrogens is 1. The molecular formula is C10H16NO+. The lowest BCUT2D eigenvalue weighted by Gasteiger charge is -1.97. The maximum atomic E-state index is 8.58. The topological polar surface area (TPSA) is 24.1 Å². The third-order valence-corrected chi connectivity index (χ3v) is 1.92. The first-order valence-electron chi connectivity index (χ1n) is 4.38. The van der Waals surface area contributed by atoms with E-state index in [4.69, 9.17) is 5.11 Å². The van der Waals surface area contributed by atoms with E-state index in [0.29, 0.717) is 6.61 Å². The predicted molar refractivity (Wildman–Crippen MR) is 47.6 cm³/mol. The van der Waals surface area contributed by atoms with Crippen molar-refractivity contribution >= 4 is 0 Å². The molecule has 1 N–H and O–H groups in total. The van der Waals surface area contributed by atoms with Gasteiger partial charge in [0.1, 0.15) is 7.05 Å². The van der Waals surface area contributed by atoms with Gasteiger partial charge in [0.15, 0.2) is 12.4 Å². The largest absolute Gasteiger partial charge is 0.396 e. The van der Waals surface area contributed by atoms with Crippen LogP contribution in [-0.2, 0) is 13.5 Å². The van der Waals surface area contributed by atoms with Gasteiger partial charge in [0.2, 0.25) is 0 Å². The third-order valence-electron chi connectivity index (χ3n) is 1.92. The van der Waals surface area contributed by atoms with Gasteiger partial charge in [-0.3, -0.25) is 0 Å². The van der Waals surface area contributed by atoms with Gasteiger partial charge in [0.25, 0.3) is 0 Å². The Labute approximate surface area is 73.5 Å². The average Bonchev–Trinajstić information content (AvgIpc) is 2.09. The molecule has 0 saturated heterocycles. The highest BCUT2D eigenvalue weighted by molar-refractivity contribution is 5.06. The van der Waals surface area contributed by atoms with E-state index in [-0.39, 0.29) is 0 Å². The second-order valence-electron chi connectivity index (χ2n) is 3.05. The second kappa shape index (κ2) is 4.88. The van der Waals surface area contributed by atoms with Gasteiger partial charge in [0, 0.05) is 18.7 Å². The summed E-state index contributed by atoms with van der Waals surface area (Å²) in [6.45, 7) is 0.306. The van der Waals surface area contributed by atoms with Crippen molar-refractivity contribution in [2.45, 2.75) is 19.3 Å². The van der Waals surface area contributed by atoms with Crippen LogP contribution in [0.5, 0.6) is 0 Å². The van der Waals surface area contributed by atoms with Crippen molar-refractivity contribution in [2.75, 3.05) is 6.61 Å². The van der Waals surface area contributed by atoms with Gasteiger partial charge in [-0.15, -0.1) is 0 Å². The van der Waals surface area contributed by atoms with Crippen molar-refractivity contribution in [3.63, 3.8) is 0 Å². The summed E-state index contributed by atoms with van der Waals surface area (Å²) in [5, 5.41) is 8.58. The zero-order valence-electron chi connectivity index (χ0n) is 7.53. The molecule has 0 aliphatic carbocycles. The number of nitrogens with zero attached hydrogens (tertiary/aromatic N) is 1. The van der Waals surface area contributed by atoms with Crippen LogP contribution in [0.1, 0.15) is 18.4 Å². The molecule has 1 aromatic heterocycles. The zero-order chi connectivity index (χ0) is 8.81. The Balaban J connectivity index is 2.37. The highest BCUT2D eigenvalue weighted by Crippen LogP contribution is 2.01. The van der Waals surface area contributed by atoms with Crippen LogP contribution in [-0.4, -0.2) is 11.7 Å². The Morgan fingerprint density at radius 2 is 1.92 bits per heavy atom. The summed E-state index contributed by atoms with van der Waals surface area (Å²) < 4.78 is 2.02. The van der Waals surface area contributed by atoms with Gasteiger partial charge in [-0.2, -0.15) is 0 Å². The van der Waals surface area contributed by atoms with Gasteiger partial charge in [-0.25, -0.2) is 4.57 Å². The molecule has 0 spiro atoms. The lowest BCUT2D eigenvalue weighted by molar-refractivity contribution is -0.671. The Morgan fingerprint density at radius 3 is 2.50 bits per heavy atom. The number of aliphatic hydroxyl groups excluding tert-OH is 1. The molecule has 0 saturated carbocycles. The molecule has 0 amide bonds. The highest BCUT2D eigenvalue weighted by atomic mass is 16.2. The fourth-order valence-electron chi connectivity index (χ4n) is 1.14. The molecule has 1 heterocycles. The van der Waals surface area contributed by atoms with Gasteiger partial charge < -0.3 is 5.11 Å². The molecular weight excluding hydrogens is 150 g/mol. The molecule has 1 aromatic rings. The van der Waals surface area contributed by atoms with Crippen LogP contribution in [0.2, 0.25) is 0 Å². The van der Waals surface area contributed by atoms with Gasteiger partial charge in [-0.05, 0) is 24.8 Å². The minimum absolute atomic E-state index is 0.306.